The average Bonchev–Trinajstić information content (AvgIpc) is 3.45. The first-order chi connectivity index (χ1) is 16.2. The maximum Gasteiger partial charge on any atom is 0.174 e. The van der Waals surface area contributed by atoms with E-state index >= 15 is 0 Å². The van der Waals surface area contributed by atoms with Gasteiger partial charge in [-0.15, -0.1) is 0 Å². The zero-order valence-electron chi connectivity index (χ0n) is 18.1. The highest BCUT2D eigenvalue weighted by Crippen LogP contribution is 2.42. The zero-order chi connectivity index (χ0) is 22.8. The minimum atomic E-state index is -0.105. The predicted octanol–water partition coefficient (Wildman–Crippen LogP) is 6.21. The van der Waals surface area contributed by atoms with Gasteiger partial charge in [-0.05, 0) is 85.9 Å². The Hall–Kier alpha value is -3.16. The van der Waals surface area contributed by atoms with Gasteiger partial charge in [0.05, 0.1) is 18.3 Å². The number of hydrogen-bond acceptors (Lipinski definition) is 3. The van der Waals surface area contributed by atoms with Crippen molar-refractivity contribution in [3.63, 3.8) is 0 Å². The van der Waals surface area contributed by atoms with Gasteiger partial charge in [-0.25, -0.2) is 0 Å². The first-order valence-corrected chi connectivity index (χ1v) is 12.0. The quantitative estimate of drug-likeness (QED) is 0.307. The number of ether oxygens (including phenoxy) is 1. The Kier molecular flexibility index (Phi) is 6.15. The Morgan fingerprint density at radius 2 is 1.85 bits per heavy atom. The summed E-state index contributed by atoms with van der Waals surface area (Å²) in [5.41, 5.74) is 4.14. The summed E-state index contributed by atoms with van der Waals surface area (Å²) in [6, 6.07) is 26.4. The summed E-state index contributed by atoms with van der Waals surface area (Å²) in [6.45, 7) is 2.62. The van der Waals surface area contributed by atoms with Crippen LogP contribution >= 0.6 is 28.1 Å². The van der Waals surface area contributed by atoms with Crippen LogP contribution in [-0.4, -0.2) is 21.3 Å². The Morgan fingerprint density at radius 1 is 1.00 bits per heavy atom. The first kappa shape index (κ1) is 21.7. The van der Waals surface area contributed by atoms with E-state index in [-0.39, 0.29) is 12.1 Å². The number of hydrogen-bond donors (Lipinski definition) is 1. The summed E-state index contributed by atoms with van der Waals surface area (Å²) < 4.78 is 8.89. The Bertz CT molecular complexity index is 1260. The molecule has 2 atom stereocenters. The van der Waals surface area contributed by atoms with Crippen LogP contribution in [0.25, 0.3) is 5.69 Å². The molecule has 0 amide bonds. The molecule has 2 aromatic heterocycles. The molecule has 0 radical (unpaired) electrons. The largest absolute Gasteiger partial charge is 0.494 e. The van der Waals surface area contributed by atoms with Crippen LogP contribution in [0.3, 0.4) is 0 Å². The van der Waals surface area contributed by atoms with Crippen molar-refractivity contribution in [1.29, 1.82) is 0 Å². The van der Waals surface area contributed by atoms with Crippen molar-refractivity contribution in [2.75, 3.05) is 11.5 Å². The number of thiocarbonyl (C=S) groups is 1. The van der Waals surface area contributed by atoms with Gasteiger partial charge in [0, 0.05) is 33.9 Å². The SMILES string of the molecule is CCOc1ccc(N2C(=S)N[C@@H](c3ccccn3)[C@@H]2c2cccn2-c2cccc(Br)c2)cc1. The third-order valence-electron chi connectivity index (χ3n) is 5.69. The summed E-state index contributed by atoms with van der Waals surface area (Å²) in [6.07, 6.45) is 3.91. The molecular formula is C26H23BrN4OS. The van der Waals surface area contributed by atoms with E-state index in [2.05, 4.69) is 78.3 Å². The lowest BCUT2D eigenvalue weighted by Crippen LogP contribution is -2.30. The molecule has 0 aliphatic carbocycles. The van der Waals surface area contributed by atoms with Crippen molar-refractivity contribution in [2.45, 2.75) is 19.0 Å². The molecule has 2 aromatic carbocycles. The summed E-state index contributed by atoms with van der Waals surface area (Å²) >= 11 is 9.46. The van der Waals surface area contributed by atoms with Crippen molar-refractivity contribution >= 4 is 38.9 Å². The highest BCUT2D eigenvalue weighted by atomic mass is 79.9. The van der Waals surface area contributed by atoms with Crippen molar-refractivity contribution in [2.24, 2.45) is 0 Å². The van der Waals surface area contributed by atoms with Gasteiger partial charge in [0.25, 0.3) is 0 Å². The van der Waals surface area contributed by atoms with Gasteiger partial charge in [-0.2, -0.15) is 0 Å². The van der Waals surface area contributed by atoms with Crippen molar-refractivity contribution in [1.82, 2.24) is 14.9 Å². The van der Waals surface area contributed by atoms with E-state index in [9.17, 15) is 0 Å². The molecule has 5 rings (SSSR count). The second-order valence-electron chi connectivity index (χ2n) is 7.71. The van der Waals surface area contributed by atoms with E-state index < -0.39 is 0 Å². The number of aromatic nitrogens is 2. The molecule has 0 spiro atoms. The lowest BCUT2D eigenvalue weighted by Gasteiger charge is -2.29. The van der Waals surface area contributed by atoms with Crippen molar-refractivity contribution in [3.05, 3.63) is 107 Å². The second-order valence-corrected chi connectivity index (χ2v) is 9.01. The molecule has 1 fully saturated rings. The molecule has 3 heterocycles. The van der Waals surface area contributed by atoms with E-state index in [1.807, 2.05) is 55.6 Å². The molecule has 7 heteroatoms. The van der Waals surface area contributed by atoms with Gasteiger partial charge >= 0.3 is 0 Å². The zero-order valence-corrected chi connectivity index (χ0v) is 20.5. The molecule has 5 nitrogen and oxygen atoms in total. The molecule has 1 N–H and O–H groups in total. The number of nitrogens with one attached hydrogen (secondary N) is 1. The minimum Gasteiger partial charge on any atom is -0.494 e. The molecule has 1 aliphatic rings. The van der Waals surface area contributed by atoms with Gasteiger partial charge in [0.1, 0.15) is 11.8 Å². The number of halogens is 1. The summed E-state index contributed by atoms with van der Waals surface area (Å²) in [5.74, 6) is 0.842. The van der Waals surface area contributed by atoms with Crippen LogP contribution < -0.4 is 15.0 Å². The highest BCUT2D eigenvalue weighted by Gasteiger charge is 2.42. The molecule has 0 saturated carbocycles. The van der Waals surface area contributed by atoms with E-state index in [0.29, 0.717) is 11.7 Å². The van der Waals surface area contributed by atoms with Crippen LogP contribution in [0.15, 0.2) is 95.7 Å². The Labute approximate surface area is 207 Å². The predicted molar refractivity (Wildman–Crippen MR) is 139 cm³/mol. The molecule has 0 unspecified atom stereocenters. The molecule has 166 valence electrons. The van der Waals surface area contributed by atoms with Crippen molar-refractivity contribution in [3.8, 4) is 11.4 Å². The van der Waals surface area contributed by atoms with E-state index in [1.54, 1.807) is 0 Å². The smallest absolute Gasteiger partial charge is 0.174 e. The van der Waals surface area contributed by atoms with Crippen LogP contribution in [-0.2, 0) is 0 Å². The normalized spacial score (nSPS) is 17.8. The Balaban J connectivity index is 1.63. The van der Waals surface area contributed by atoms with Crippen LogP contribution in [0.4, 0.5) is 5.69 Å². The highest BCUT2D eigenvalue weighted by molar-refractivity contribution is 9.10. The fourth-order valence-corrected chi connectivity index (χ4v) is 5.03. The number of anilines is 1. The monoisotopic (exact) mass is 518 g/mol. The molecule has 33 heavy (non-hydrogen) atoms. The molecule has 0 bridgehead atoms. The Morgan fingerprint density at radius 3 is 2.58 bits per heavy atom. The fourth-order valence-electron chi connectivity index (χ4n) is 4.30. The topological polar surface area (TPSA) is 42.3 Å². The maximum absolute atomic E-state index is 5.85. The van der Waals surface area contributed by atoms with Crippen LogP contribution in [0.5, 0.6) is 5.75 Å². The third-order valence-corrected chi connectivity index (χ3v) is 6.50. The summed E-state index contributed by atoms with van der Waals surface area (Å²) in [7, 11) is 0. The minimum absolute atomic E-state index is 0.0978. The molecule has 4 aromatic rings. The summed E-state index contributed by atoms with van der Waals surface area (Å²) in [4.78, 5) is 6.83. The van der Waals surface area contributed by atoms with E-state index in [1.165, 1.54) is 0 Å². The number of rotatable bonds is 6. The lowest BCUT2D eigenvalue weighted by molar-refractivity contribution is 0.340. The maximum atomic E-state index is 5.85. The van der Waals surface area contributed by atoms with Gasteiger partial charge in [0.15, 0.2) is 5.11 Å². The van der Waals surface area contributed by atoms with E-state index in [0.717, 1.165) is 33.0 Å². The van der Waals surface area contributed by atoms with Gasteiger partial charge in [-0.1, -0.05) is 28.1 Å². The van der Waals surface area contributed by atoms with Crippen LogP contribution in [0.2, 0.25) is 0 Å². The molecule has 1 saturated heterocycles. The lowest BCUT2D eigenvalue weighted by atomic mass is 10.0. The average molecular weight is 519 g/mol. The number of benzene rings is 2. The van der Waals surface area contributed by atoms with E-state index in [4.69, 9.17) is 17.0 Å². The van der Waals surface area contributed by atoms with Crippen LogP contribution in [0.1, 0.15) is 30.4 Å². The third kappa shape index (κ3) is 4.26. The van der Waals surface area contributed by atoms with Gasteiger partial charge in [0.2, 0.25) is 0 Å². The summed E-state index contributed by atoms with van der Waals surface area (Å²) in [5, 5.41) is 4.20. The standard InChI is InChI=1S/C26H23BrN4OS/c1-2-32-21-13-11-19(12-14-21)31-25(24(29-26(31)33)22-9-3-4-15-28-22)23-10-6-16-30(23)20-8-5-7-18(27)17-20/h3-17,24-25H,2H2,1H3,(H,29,33)/t24-,25-/m0/s1. The first-order valence-electron chi connectivity index (χ1n) is 10.8. The molecular weight excluding hydrogens is 496 g/mol. The second kappa shape index (κ2) is 9.37. The van der Waals surface area contributed by atoms with Crippen molar-refractivity contribution < 1.29 is 4.74 Å². The number of pyridine rings is 1. The number of nitrogens with zero attached hydrogens (tertiary/aromatic N) is 3. The fraction of sp³-hybridized carbons (Fsp3) is 0.154. The van der Waals surface area contributed by atoms with Crippen LogP contribution in [0, 0.1) is 0 Å². The van der Waals surface area contributed by atoms with Gasteiger partial charge < -0.3 is 19.5 Å². The molecule has 1 aliphatic heterocycles. The van der Waals surface area contributed by atoms with Gasteiger partial charge in [-0.3, -0.25) is 4.98 Å².